The summed E-state index contributed by atoms with van der Waals surface area (Å²) in [7, 11) is 2.47. The molecule has 0 heterocycles. The lowest BCUT2D eigenvalue weighted by Gasteiger charge is -2.21. The lowest BCUT2D eigenvalue weighted by atomic mass is 9.76. The molecule has 0 amide bonds. The molecular weight excluding hydrogens is 155 g/mol. The number of hydrogen-bond donors (Lipinski definition) is 0. The molecule has 1 atom stereocenters. The number of fused-ring (bicyclic) bond motifs is 7. The van der Waals surface area contributed by atoms with Crippen LogP contribution in [0.4, 0.5) is 0 Å². The van der Waals surface area contributed by atoms with Crippen LogP contribution in [0.1, 0.15) is 57.8 Å². The summed E-state index contributed by atoms with van der Waals surface area (Å²) in [5.74, 6) is 3.21. The van der Waals surface area contributed by atoms with Crippen LogP contribution >= 0.6 is 0 Å². The van der Waals surface area contributed by atoms with Crippen LogP contribution in [0, 0.1) is 11.8 Å². The predicted molar refractivity (Wildman–Crippen MR) is 60.8 cm³/mol. The van der Waals surface area contributed by atoms with Crippen LogP contribution < -0.4 is 0 Å². The van der Waals surface area contributed by atoms with Gasteiger partial charge in [0, 0.05) is 0 Å². The Morgan fingerprint density at radius 2 is 1.31 bits per heavy atom. The maximum atomic E-state index is 2.47. The Hall–Kier alpha value is 0.0649. The van der Waals surface area contributed by atoms with E-state index in [4.69, 9.17) is 0 Å². The summed E-state index contributed by atoms with van der Waals surface area (Å²) in [5.41, 5.74) is 0. The molecule has 2 bridgehead atoms. The van der Waals surface area contributed by atoms with Crippen LogP contribution in [-0.2, 0) is 0 Å². The average molecular weight is 178 g/mol. The van der Waals surface area contributed by atoms with Gasteiger partial charge < -0.3 is 0 Å². The molecule has 74 valence electrons. The van der Waals surface area contributed by atoms with Crippen LogP contribution in [0.5, 0.6) is 0 Å². The van der Waals surface area contributed by atoms with E-state index in [0.717, 1.165) is 17.7 Å². The monoisotopic (exact) mass is 178 g/mol. The summed E-state index contributed by atoms with van der Waals surface area (Å²) < 4.78 is 0. The zero-order chi connectivity index (χ0) is 9.10. The number of rotatable bonds is 0. The standard InChI is InChI=1S/C12H23B/c13-12-8-7-10-3-1-5-11(9-12)6-2-4-10/h10-12H,1-9,13H2. The Kier molecular flexibility index (Phi) is 3.35. The molecule has 0 aromatic heterocycles. The van der Waals surface area contributed by atoms with E-state index in [1.807, 2.05) is 0 Å². The number of hydrogen-bond acceptors (Lipinski definition) is 0. The molecule has 0 spiro atoms. The maximum absolute atomic E-state index is 2.47. The first-order chi connectivity index (χ1) is 6.34. The summed E-state index contributed by atoms with van der Waals surface area (Å²) in [6, 6.07) is 0. The molecule has 0 aliphatic heterocycles. The van der Waals surface area contributed by atoms with Crippen LogP contribution in [-0.4, -0.2) is 7.85 Å². The summed E-state index contributed by atoms with van der Waals surface area (Å²) >= 11 is 0. The maximum Gasteiger partial charge on any atom is 0.105 e. The summed E-state index contributed by atoms with van der Waals surface area (Å²) in [5, 5.41) is 0. The van der Waals surface area contributed by atoms with Crippen molar-refractivity contribution >= 4 is 7.85 Å². The third-order valence-corrected chi connectivity index (χ3v) is 4.25. The van der Waals surface area contributed by atoms with Gasteiger partial charge in [-0.25, -0.2) is 0 Å². The first-order valence-electron chi connectivity index (χ1n) is 6.34. The first-order valence-corrected chi connectivity index (χ1v) is 6.34. The van der Waals surface area contributed by atoms with Crippen molar-refractivity contribution in [1.82, 2.24) is 0 Å². The van der Waals surface area contributed by atoms with Crippen molar-refractivity contribution in [2.24, 2.45) is 11.8 Å². The Bertz CT molecular complexity index is 145. The fourth-order valence-corrected chi connectivity index (χ4v) is 3.41. The minimum absolute atomic E-state index is 1.02. The fraction of sp³-hybridized carbons (Fsp3) is 1.00. The van der Waals surface area contributed by atoms with Crippen molar-refractivity contribution in [3.05, 3.63) is 0 Å². The van der Waals surface area contributed by atoms with Gasteiger partial charge in [-0.1, -0.05) is 63.6 Å². The second-order valence-corrected chi connectivity index (χ2v) is 5.51. The van der Waals surface area contributed by atoms with Gasteiger partial charge in [0.2, 0.25) is 0 Å². The summed E-state index contributed by atoms with van der Waals surface area (Å²) in [6.45, 7) is 0. The van der Waals surface area contributed by atoms with Crippen molar-refractivity contribution in [1.29, 1.82) is 0 Å². The SMILES string of the molecule is BC1CCC2CCCC(CCC2)C1. The normalized spacial score (nSPS) is 41.7. The van der Waals surface area contributed by atoms with Gasteiger partial charge in [-0.2, -0.15) is 0 Å². The van der Waals surface area contributed by atoms with Gasteiger partial charge in [0.15, 0.2) is 0 Å². The quantitative estimate of drug-likeness (QED) is 0.500. The third-order valence-electron chi connectivity index (χ3n) is 4.25. The zero-order valence-corrected chi connectivity index (χ0v) is 9.10. The van der Waals surface area contributed by atoms with Crippen molar-refractivity contribution in [2.45, 2.75) is 63.6 Å². The molecule has 13 heavy (non-hydrogen) atoms. The van der Waals surface area contributed by atoms with E-state index in [9.17, 15) is 0 Å². The van der Waals surface area contributed by atoms with E-state index in [1.165, 1.54) is 32.1 Å². The van der Waals surface area contributed by atoms with Gasteiger partial charge in [0.1, 0.15) is 7.85 Å². The highest BCUT2D eigenvalue weighted by atomic mass is 14.3. The molecule has 1 heteroatoms. The highest BCUT2D eigenvalue weighted by Gasteiger charge is 2.22. The molecular formula is C12H23B. The fourth-order valence-electron chi connectivity index (χ4n) is 3.41. The van der Waals surface area contributed by atoms with Crippen molar-refractivity contribution < 1.29 is 0 Å². The average Bonchev–Trinajstić information content (AvgIpc) is 2.18. The van der Waals surface area contributed by atoms with E-state index >= 15 is 0 Å². The Labute approximate surface area is 83.9 Å². The van der Waals surface area contributed by atoms with E-state index < -0.39 is 0 Å². The zero-order valence-electron chi connectivity index (χ0n) is 9.10. The molecule has 0 nitrogen and oxygen atoms in total. The lowest BCUT2D eigenvalue weighted by Crippen LogP contribution is -2.07. The summed E-state index contributed by atoms with van der Waals surface area (Å²) in [4.78, 5) is 0. The van der Waals surface area contributed by atoms with Crippen LogP contribution in [0.15, 0.2) is 0 Å². The first kappa shape index (κ1) is 9.61. The molecule has 0 N–H and O–H groups in total. The van der Waals surface area contributed by atoms with Gasteiger partial charge in [-0.05, 0) is 11.8 Å². The van der Waals surface area contributed by atoms with Gasteiger partial charge >= 0.3 is 0 Å². The third kappa shape index (κ3) is 2.75. The predicted octanol–water partition coefficient (Wildman–Crippen LogP) is 3.18. The Balaban J connectivity index is 2.01. The van der Waals surface area contributed by atoms with E-state index in [2.05, 4.69) is 7.85 Å². The second kappa shape index (κ2) is 4.53. The van der Waals surface area contributed by atoms with Crippen LogP contribution in [0.3, 0.4) is 0 Å². The van der Waals surface area contributed by atoms with Crippen molar-refractivity contribution in [3.63, 3.8) is 0 Å². The minimum Gasteiger partial charge on any atom is -0.0694 e. The second-order valence-electron chi connectivity index (χ2n) is 5.51. The molecule has 0 aromatic rings. The molecule has 3 fully saturated rings. The molecule has 3 saturated carbocycles. The van der Waals surface area contributed by atoms with Gasteiger partial charge in [0.25, 0.3) is 0 Å². The highest BCUT2D eigenvalue weighted by Crippen LogP contribution is 2.37. The van der Waals surface area contributed by atoms with Gasteiger partial charge in [-0.3, -0.25) is 0 Å². The smallest absolute Gasteiger partial charge is 0.0694 e. The Morgan fingerprint density at radius 1 is 0.692 bits per heavy atom. The minimum atomic E-state index is 1.02. The van der Waals surface area contributed by atoms with Gasteiger partial charge in [0.05, 0.1) is 0 Å². The molecule has 0 aromatic carbocycles. The molecule has 3 rings (SSSR count). The molecule has 0 saturated heterocycles. The molecule has 1 unspecified atom stereocenters. The topological polar surface area (TPSA) is 0 Å². The Morgan fingerprint density at radius 3 is 2.00 bits per heavy atom. The van der Waals surface area contributed by atoms with E-state index in [-0.39, 0.29) is 0 Å². The van der Waals surface area contributed by atoms with Gasteiger partial charge in [-0.15, -0.1) is 0 Å². The van der Waals surface area contributed by atoms with Crippen LogP contribution in [0.25, 0.3) is 0 Å². The van der Waals surface area contributed by atoms with Crippen molar-refractivity contribution in [2.75, 3.05) is 0 Å². The highest BCUT2D eigenvalue weighted by molar-refractivity contribution is 6.11. The largest absolute Gasteiger partial charge is 0.105 e. The molecule has 3 aliphatic rings. The van der Waals surface area contributed by atoms with E-state index in [0.29, 0.717) is 0 Å². The molecule has 3 aliphatic carbocycles. The lowest BCUT2D eigenvalue weighted by molar-refractivity contribution is 0.321. The molecule has 0 radical (unpaired) electrons. The summed E-state index contributed by atoms with van der Waals surface area (Å²) in [6.07, 6.45) is 13.8. The van der Waals surface area contributed by atoms with Crippen LogP contribution in [0.2, 0.25) is 5.82 Å². The van der Waals surface area contributed by atoms with Crippen molar-refractivity contribution in [3.8, 4) is 0 Å². The van der Waals surface area contributed by atoms with E-state index in [1.54, 1.807) is 25.7 Å².